The first kappa shape index (κ1) is 17.4. The summed E-state index contributed by atoms with van der Waals surface area (Å²) >= 11 is 0.936. The van der Waals surface area contributed by atoms with Crippen LogP contribution in [0.4, 0.5) is 13.2 Å². The van der Waals surface area contributed by atoms with E-state index in [0.717, 1.165) is 11.3 Å². The molecule has 1 aromatic heterocycles. The summed E-state index contributed by atoms with van der Waals surface area (Å²) in [6.07, 6.45) is -4.63. The number of nitrogens with one attached hydrogen (secondary N) is 1. The van der Waals surface area contributed by atoms with Gasteiger partial charge in [-0.15, -0.1) is 11.3 Å². The topological polar surface area (TPSA) is 88.5 Å². The summed E-state index contributed by atoms with van der Waals surface area (Å²) in [5.74, 6) is -1.59. The lowest BCUT2D eigenvalue weighted by atomic mass is 10.4. The SMILES string of the molecule is Cc1nc(CNC(=O)CCOCC(F)(F)F)sc1C(=O)O. The summed E-state index contributed by atoms with van der Waals surface area (Å²) < 4.78 is 39.6. The van der Waals surface area contributed by atoms with Gasteiger partial charge in [0.05, 0.1) is 18.8 Å². The van der Waals surface area contributed by atoms with E-state index < -0.39 is 24.7 Å². The molecule has 0 bridgehead atoms. The number of carboxylic acids is 1. The van der Waals surface area contributed by atoms with Crippen LogP contribution in [-0.4, -0.2) is 41.4 Å². The molecule has 1 rings (SSSR count). The van der Waals surface area contributed by atoms with Crippen molar-refractivity contribution in [3.63, 3.8) is 0 Å². The Morgan fingerprint density at radius 2 is 2.10 bits per heavy atom. The van der Waals surface area contributed by atoms with Crippen molar-refractivity contribution in [1.82, 2.24) is 10.3 Å². The average Bonchev–Trinajstić information content (AvgIpc) is 2.72. The number of halogens is 3. The third-order valence-corrected chi connectivity index (χ3v) is 3.36. The predicted molar refractivity (Wildman–Crippen MR) is 67.1 cm³/mol. The van der Waals surface area contributed by atoms with Crippen molar-refractivity contribution in [3.8, 4) is 0 Å². The van der Waals surface area contributed by atoms with Gasteiger partial charge >= 0.3 is 12.1 Å². The zero-order chi connectivity index (χ0) is 16.0. The minimum atomic E-state index is -4.41. The van der Waals surface area contributed by atoms with Gasteiger partial charge in [0.2, 0.25) is 5.91 Å². The molecule has 0 saturated heterocycles. The van der Waals surface area contributed by atoms with E-state index in [1.165, 1.54) is 6.92 Å². The molecule has 0 atom stereocenters. The second kappa shape index (κ2) is 7.36. The molecule has 1 aromatic rings. The Morgan fingerprint density at radius 3 is 2.62 bits per heavy atom. The minimum Gasteiger partial charge on any atom is -0.477 e. The number of carboxylic acid groups (broad SMARTS) is 1. The molecule has 0 fully saturated rings. The number of nitrogens with zero attached hydrogens (tertiary/aromatic N) is 1. The highest BCUT2D eigenvalue weighted by molar-refractivity contribution is 7.13. The highest BCUT2D eigenvalue weighted by Crippen LogP contribution is 2.17. The van der Waals surface area contributed by atoms with Crippen molar-refractivity contribution >= 4 is 23.2 Å². The van der Waals surface area contributed by atoms with E-state index in [2.05, 4.69) is 15.0 Å². The molecule has 0 unspecified atom stereocenters. The van der Waals surface area contributed by atoms with Crippen LogP contribution < -0.4 is 5.32 Å². The molecule has 10 heteroatoms. The van der Waals surface area contributed by atoms with Crippen molar-refractivity contribution in [2.45, 2.75) is 26.1 Å². The van der Waals surface area contributed by atoms with Gasteiger partial charge in [-0.1, -0.05) is 0 Å². The number of carbonyl (C=O) groups is 2. The highest BCUT2D eigenvalue weighted by Gasteiger charge is 2.27. The molecule has 0 radical (unpaired) electrons. The number of aryl methyl sites for hydroxylation is 1. The number of hydrogen-bond acceptors (Lipinski definition) is 5. The maximum atomic E-state index is 11.8. The van der Waals surface area contributed by atoms with Gasteiger partial charge in [-0.2, -0.15) is 13.2 Å². The summed E-state index contributed by atoms with van der Waals surface area (Å²) in [5, 5.41) is 11.7. The van der Waals surface area contributed by atoms with Crippen molar-refractivity contribution < 1.29 is 32.6 Å². The molecule has 118 valence electrons. The molecule has 0 saturated carbocycles. The maximum Gasteiger partial charge on any atom is 0.411 e. The Labute approximate surface area is 121 Å². The number of aromatic nitrogens is 1. The van der Waals surface area contributed by atoms with Crippen molar-refractivity contribution in [2.75, 3.05) is 13.2 Å². The Bertz CT molecular complexity index is 516. The Balaban J connectivity index is 2.30. The normalized spacial score (nSPS) is 11.4. The number of amides is 1. The second-order valence-electron chi connectivity index (χ2n) is 4.02. The zero-order valence-corrected chi connectivity index (χ0v) is 11.8. The van der Waals surface area contributed by atoms with Crippen LogP contribution in [0.15, 0.2) is 0 Å². The molecule has 6 nitrogen and oxygen atoms in total. The number of thiazole rings is 1. The van der Waals surface area contributed by atoms with E-state index in [1.54, 1.807) is 0 Å². The van der Waals surface area contributed by atoms with E-state index in [0.29, 0.717) is 10.7 Å². The third kappa shape index (κ3) is 6.54. The maximum absolute atomic E-state index is 11.8. The number of rotatable bonds is 7. The van der Waals surface area contributed by atoms with E-state index in [-0.39, 0.29) is 24.4 Å². The summed E-state index contributed by atoms with van der Waals surface area (Å²) in [4.78, 5) is 26.2. The molecule has 0 aliphatic carbocycles. The third-order valence-electron chi connectivity index (χ3n) is 2.21. The summed E-state index contributed by atoms with van der Waals surface area (Å²) in [7, 11) is 0. The van der Waals surface area contributed by atoms with Crippen LogP contribution in [0.3, 0.4) is 0 Å². The molecule has 1 amide bonds. The van der Waals surface area contributed by atoms with Crippen LogP contribution in [0.2, 0.25) is 0 Å². The number of carbonyl (C=O) groups excluding carboxylic acids is 1. The molecule has 2 N–H and O–H groups in total. The second-order valence-corrected chi connectivity index (χ2v) is 5.11. The van der Waals surface area contributed by atoms with Gasteiger partial charge in [0.25, 0.3) is 0 Å². The van der Waals surface area contributed by atoms with Crippen LogP contribution in [0, 0.1) is 6.92 Å². The van der Waals surface area contributed by atoms with Crippen molar-refractivity contribution in [2.24, 2.45) is 0 Å². The van der Waals surface area contributed by atoms with Gasteiger partial charge in [-0.3, -0.25) is 4.79 Å². The van der Waals surface area contributed by atoms with Crippen LogP contribution >= 0.6 is 11.3 Å². The standard InChI is InChI=1S/C11H13F3N2O4S/c1-6-9(10(18)19)21-8(16-6)4-15-7(17)2-3-20-5-11(12,13)14/h2-5H2,1H3,(H,15,17)(H,18,19). The van der Waals surface area contributed by atoms with Crippen LogP contribution in [0.1, 0.15) is 26.8 Å². The molecule has 0 spiro atoms. The van der Waals surface area contributed by atoms with E-state index in [4.69, 9.17) is 5.11 Å². The van der Waals surface area contributed by atoms with Crippen LogP contribution in [0.5, 0.6) is 0 Å². The van der Waals surface area contributed by atoms with E-state index >= 15 is 0 Å². The lowest BCUT2D eigenvalue weighted by Gasteiger charge is -2.07. The Hall–Kier alpha value is -1.68. The molecular formula is C11H13F3N2O4S. The summed E-state index contributed by atoms with van der Waals surface area (Å²) in [6.45, 7) is -0.177. The largest absolute Gasteiger partial charge is 0.477 e. The molecular weight excluding hydrogens is 313 g/mol. The molecule has 0 aliphatic heterocycles. The molecule has 0 aromatic carbocycles. The first-order chi connectivity index (χ1) is 9.69. The molecule has 1 heterocycles. The highest BCUT2D eigenvalue weighted by atomic mass is 32.1. The fourth-order valence-corrected chi connectivity index (χ4v) is 2.18. The molecule has 21 heavy (non-hydrogen) atoms. The average molecular weight is 326 g/mol. The van der Waals surface area contributed by atoms with Gasteiger partial charge in [-0.05, 0) is 6.92 Å². The number of alkyl halides is 3. The van der Waals surface area contributed by atoms with Gasteiger partial charge in [0.15, 0.2) is 0 Å². The van der Waals surface area contributed by atoms with E-state index in [9.17, 15) is 22.8 Å². The minimum absolute atomic E-state index is 0.0247. The fourth-order valence-electron chi connectivity index (χ4n) is 1.34. The van der Waals surface area contributed by atoms with Gasteiger partial charge in [0.1, 0.15) is 16.5 Å². The Morgan fingerprint density at radius 1 is 1.43 bits per heavy atom. The number of hydrogen-bond donors (Lipinski definition) is 2. The molecule has 0 aliphatic rings. The van der Waals surface area contributed by atoms with Gasteiger partial charge < -0.3 is 15.2 Å². The summed E-state index contributed by atoms with van der Waals surface area (Å²) in [5.41, 5.74) is 0.352. The van der Waals surface area contributed by atoms with E-state index in [1.807, 2.05) is 0 Å². The number of ether oxygens (including phenoxy) is 1. The predicted octanol–water partition coefficient (Wildman–Crippen LogP) is 1.73. The first-order valence-corrected chi connectivity index (χ1v) is 6.61. The van der Waals surface area contributed by atoms with Crippen LogP contribution in [-0.2, 0) is 16.1 Å². The zero-order valence-electron chi connectivity index (χ0n) is 11.0. The fraction of sp³-hybridized carbons (Fsp3) is 0.545. The monoisotopic (exact) mass is 326 g/mol. The summed E-state index contributed by atoms with van der Waals surface area (Å²) in [6, 6.07) is 0. The quantitative estimate of drug-likeness (QED) is 0.745. The lowest BCUT2D eigenvalue weighted by molar-refractivity contribution is -0.174. The van der Waals surface area contributed by atoms with Crippen molar-refractivity contribution in [1.29, 1.82) is 0 Å². The smallest absolute Gasteiger partial charge is 0.411 e. The number of aromatic carboxylic acids is 1. The lowest BCUT2D eigenvalue weighted by Crippen LogP contribution is -2.25. The first-order valence-electron chi connectivity index (χ1n) is 5.80. The van der Waals surface area contributed by atoms with Crippen LogP contribution in [0.25, 0.3) is 0 Å². The van der Waals surface area contributed by atoms with Crippen molar-refractivity contribution in [3.05, 3.63) is 15.6 Å². The Kier molecular flexibility index (Phi) is 6.09. The van der Waals surface area contributed by atoms with Gasteiger partial charge in [-0.25, -0.2) is 9.78 Å². The van der Waals surface area contributed by atoms with Gasteiger partial charge in [0, 0.05) is 6.42 Å².